The molecule has 128 valence electrons. The highest BCUT2D eigenvalue weighted by Crippen LogP contribution is 2.37. The predicted molar refractivity (Wildman–Crippen MR) is 90.3 cm³/mol. The van der Waals surface area contributed by atoms with Crippen molar-refractivity contribution >= 4 is 27.8 Å². The van der Waals surface area contributed by atoms with Gasteiger partial charge in [0, 0.05) is 25.6 Å². The highest BCUT2D eigenvalue weighted by Gasteiger charge is 2.18. The summed E-state index contributed by atoms with van der Waals surface area (Å²) >= 11 is 3.40. The van der Waals surface area contributed by atoms with Crippen LogP contribution in [0.5, 0.6) is 11.5 Å². The minimum absolute atomic E-state index is 0.0361. The molecule has 0 radical (unpaired) electrons. The molecule has 0 heterocycles. The number of hydrogen-bond donors (Lipinski definition) is 1. The van der Waals surface area contributed by atoms with Crippen LogP contribution in [0, 0.1) is 0 Å². The maximum Gasteiger partial charge on any atom is 0.303 e. The van der Waals surface area contributed by atoms with E-state index >= 15 is 0 Å². The van der Waals surface area contributed by atoms with Gasteiger partial charge >= 0.3 is 5.97 Å². The summed E-state index contributed by atoms with van der Waals surface area (Å²) in [4.78, 5) is 24.5. The van der Waals surface area contributed by atoms with Gasteiger partial charge in [-0.05, 0) is 40.9 Å². The Kier molecular flexibility index (Phi) is 7.88. The van der Waals surface area contributed by atoms with Crippen LogP contribution in [-0.2, 0) is 4.79 Å². The number of benzene rings is 1. The van der Waals surface area contributed by atoms with Gasteiger partial charge in [-0.25, -0.2) is 0 Å². The average molecular weight is 388 g/mol. The van der Waals surface area contributed by atoms with Crippen molar-refractivity contribution in [1.29, 1.82) is 0 Å². The van der Waals surface area contributed by atoms with Gasteiger partial charge < -0.3 is 19.5 Å². The van der Waals surface area contributed by atoms with Crippen LogP contribution >= 0.6 is 15.9 Å². The van der Waals surface area contributed by atoms with Gasteiger partial charge in [-0.1, -0.05) is 6.92 Å². The maximum atomic E-state index is 12.4. The Morgan fingerprint density at radius 3 is 2.61 bits per heavy atom. The standard InChI is InChI=1S/C16H22BrNO5/c1-4-8-23-15-12(17)9-11(10-13(15)22-3)16(21)18(2)7-5-6-14(19)20/h9-10H,4-8H2,1-3H3,(H,19,20). The summed E-state index contributed by atoms with van der Waals surface area (Å²) in [7, 11) is 3.16. The first-order chi connectivity index (χ1) is 10.9. The molecule has 0 saturated carbocycles. The van der Waals surface area contributed by atoms with Gasteiger partial charge in [-0.3, -0.25) is 9.59 Å². The molecule has 0 aromatic heterocycles. The molecule has 0 aliphatic carbocycles. The monoisotopic (exact) mass is 387 g/mol. The van der Waals surface area contributed by atoms with Gasteiger partial charge in [0.1, 0.15) is 0 Å². The molecule has 0 bridgehead atoms. The zero-order valence-electron chi connectivity index (χ0n) is 13.6. The summed E-state index contributed by atoms with van der Waals surface area (Å²) < 4.78 is 11.6. The van der Waals surface area contributed by atoms with E-state index in [4.69, 9.17) is 14.6 Å². The molecule has 1 N–H and O–H groups in total. The van der Waals surface area contributed by atoms with Crippen LogP contribution in [-0.4, -0.2) is 49.2 Å². The molecule has 6 nitrogen and oxygen atoms in total. The molecule has 0 unspecified atom stereocenters. The number of carboxylic acid groups (broad SMARTS) is 1. The second kappa shape index (κ2) is 9.39. The number of hydrogen-bond acceptors (Lipinski definition) is 4. The van der Waals surface area contributed by atoms with E-state index in [0.29, 0.717) is 41.1 Å². The predicted octanol–water partition coefficient (Wildman–Crippen LogP) is 3.18. The molecular formula is C16H22BrNO5. The summed E-state index contributed by atoms with van der Waals surface area (Å²) in [5, 5.41) is 8.65. The number of aliphatic carboxylic acids is 1. The minimum atomic E-state index is -0.868. The molecular weight excluding hydrogens is 366 g/mol. The Balaban J connectivity index is 2.88. The SMILES string of the molecule is CCCOc1c(Br)cc(C(=O)N(C)CCCC(=O)O)cc1OC. The Morgan fingerprint density at radius 1 is 1.35 bits per heavy atom. The molecule has 0 spiro atoms. The van der Waals surface area contributed by atoms with Gasteiger partial charge in [0.15, 0.2) is 11.5 Å². The van der Waals surface area contributed by atoms with Gasteiger partial charge in [-0.15, -0.1) is 0 Å². The van der Waals surface area contributed by atoms with Crippen LogP contribution in [0.4, 0.5) is 0 Å². The third kappa shape index (κ3) is 5.74. The molecule has 0 saturated heterocycles. The van der Waals surface area contributed by atoms with Crippen LogP contribution < -0.4 is 9.47 Å². The lowest BCUT2D eigenvalue weighted by Gasteiger charge is -2.19. The normalized spacial score (nSPS) is 10.3. The quantitative estimate of drug-likeness (QED) is 0.703. The Morgan fingerprint density at radius 2 is 2.04 bits per heavy atom. The van der Waals surface area contributed by atoms with Crippen molar-refractivity contribution in [3.8, 4) is 11.5 Å². The summed E-state index contributed by atoms with van der Waals surface area (Å²) in [5.41, 5.74) is 0.454. The Bertz CT molecular complexity index is 562. The van der Waals surface area contributed by atoms with E-state index in [-0.39, 0.29) is 12.3 Å². The van der Waals surface area contributed by atoms with Crippen molar-refractivity contribution in [3.63, 3.8) is 0 Å². The Labute approximate surface area is 144 Å². The largest absolute Gasteiger partial charge is 0.493 e. The number of carbonyl (C=O) groups excluding carboxylic acids is 1. The summed E-state index contributed by atoms with van der Waals surface area (Å²) in [5.74, 6) is -0.0151. The zero-order chi connectivity index (χ0) is 17.4. The summed E-state index contributed by atoms with van der Waals surface area (Å²) in [6.45, 7) is 2.93. The molecule has 7 heteroatoms. The molecule has 1 aromatic rings. The lowest BCUT2D eigenvalue weighted by Crippen LogP contribution is -2.28. The van der Waals surface area contributed by atoms with Gasteiger partial charge in [-0.2, -0.15) is 0 Å². The van der Waals surface area contributed by atoms with Crippen LogP contribution in [0.15, 0.2) is 16.6 Å². The zero-order valence-corrected chi connectivity index (χ0v) is 15.2. The molecule has 23 heavy (non-hydrogen) atoms. The topological polar surface area (TPSA) is 76.1 Å². The molecule has 0 fully saturated rings. The number of carboxylic acids is 1. The number of nitrogens with zero attached hydrogens (tertiary/aromatic N) is 1. The van der Waals surface area contributed by atoms with E-state index in [1.54, 1.807) is 19.2 Å². The summed E-state index contributed by atoms with van der Waals surface area (Å²) in [6, 6.07) is 3.31. The highest BCUT2D eigenvalue weighted by molar-refractivity contribution is 9.10. The lowest BCUT2D eigenvalue weighted by atomic mass is 10.1. The molecule has 0 atom stereocenters. The van der Waals surface area contributed by atoms with Crippen molar-refractivity contribution in [3.05, 3.63) is 22.2 Å². The van der Waals surface area contributed by atoms with Crippen molar-refractivity contribution in [2.75, 3.05) is 27.3 Å². The highest BCUT2D eigenvalue weighted by atomic mass is 79.9. The van der Waals surface area contributed by atoms with Crippen LogP contribution in [0.3, 0.4) is 0 Å². The third-order valence-electron chi connectivity index (χ3n) is 3.16. The molecule has 1 aromatic carbocycles. The Hall–Kier alpha value is -1.76. The van der Waals surface area contributed by atoms with Crippen molar-refractivity contribution < 1.29 is 24.2 Å². The fourth-order valence-electron chi connectivity index (χ4n) is 1.98. The van der Waals surface area contributed by atoms with E-state index < -0.39 is 5.97 Å². The first-order valence-corrected chi connectivity index (χ1v) is 8.17. The average Bonchev–Trinajstić information content (AvgIpc) is 2.51. The van der Waals surface area contributed by atoms with E-state index in [1.807, 2.05) is 6.92 Å². The van der Waals surface area contributed by atoms with Crippen molar-refractivity contribution in [1.82, 2.24) is 4.90 Å². The van der Waals surface area contributed by atoms with Gasteiger partial charge in [0.25, 0.3) is 5.91 Å². The number of carbonyl (C=O) groups is 2. The second-order valence-corrected chi connectivity index (χ2v) is 5.92. The smallest absolute Gasteiger partial charge is 0.303 e. The molecule has 1 rings (SSSR count). The van der Waals surface area contributed by atoms with Crippen LogP contribution in [0.2, 0.25) is 0 Å². The number of ether oxygens (including phenoxy) is 2. The van der Waals surface area contributed by atoms with E-state index in [9.17, 15) is 9.59 Å². The van der Waals surface area contributed by atoms with Crippen LogP contribution in [0.1, 0.15) is 36.5 Å². The van der Waals surface area contributed by atoms with Crippen molar-refractivity contribution in [2.45, 2.75) is 26.2 Å². The fourth-order valence-corrected chi connectivity index (χ4v) is 2.53. The number of halogens is 1. The molecule has 1 amide bonds. The molecule has 0 aliphatic heterocycles. The molecule has 0 aliphatic rings. The van der Waals surface area contributed by atoms with Gasteiger partial charge in [0.2, 0.25) is 0 Å². The summed E-state index contributed by atoms with van der Waals surface area (Å²) in [6.07, 6.45) is 1.31. The number of amides is 1. The van der Waals surface area contributed by atoms with E-state index in [1.165, 1.54) is 12.0 Å². The first-order valence-electron chi connectivity index (χ1n) is 7.38. The van der Waals surface area contributed by atoms with Gasteiger partial charge in [0.05, 0.1) is 18.2 Å². The van der Waals surface area contributed by atoms with Crippen molar-refractivity contribution in [2.24, 2.45) is 0 Å². The third-order valence-corrected chi connectivity index (χ3v) is 3.75. The fraction of sp³-hybridized carbons (Fsp3) is 0.500. The lowest BCUT2D eigenvalue weighted by molar-refractivity contribution is -0.137. The number of methoxy groups -OCH3 is 1. The van der Waals surface area contributed by atoms with Crippen LogP contribution in [0.25, 0.3) is 0 Å². The number of rotatable bonds is 9. The van der Waals surface area contributed by atoms with E-state index in [0.717, 1.165) is 6.42 Å². The second-order valence-electron chi connectivity index (χ2n) is 5.06. The van der Waals surface area contributed by atoms with E-state index in [2.05, 4.69) is 15.9 Å². The first kappa shape index (κ1) is 19.3. The maximum absolute atomic E-state index is 12.4. The minimum Gasteiger partial charge on any atom is -0.493 e.